The van der Waals surface area contributed by atoms with Gasteiger partial charge in [-0.15, -0.1) is 0 Å². The lowest BCUT2D eigenvalue weighted by Gasteiger charge is -1.95. The number of carboxylic acids is 1. The first-order chi connectivity index (χ1) is 5.77. The minimum Gasteiger partial charge on any atom is -0.478 e. The summed E-state index contributed by atoms with van der Waals surface area (Å²) < 4.78 is 0. The van der Waals surface area contributed by atoms with Gasteiger partial charge in [0.05, 0.1) is 6.20 Å². The summed E-state index contributed by atoms with van der Waals surface area (Å²) in [7, 11) is 0. The van der Waals surface area contributed by atoms with Crippen molar-refractivity contribution in [2.24, 2.45) is 5.92 Å². The Morgan fingerprint density at radius 1 is 1.75 bits per heavy atom. The summed E-state index contributed by atoms with van der Waals surface area (Å²) in [6.07, 6.45) is 4.65. The average molecular weight is 166 g/mol. The van der Waals surface area contributed by atoms with Crippen LogP contribution in [0.5, 0.6) is 0 Å². The number of nitrogens with zero attached hydrogens (tertiary/aromatic N) is 1. The summed E-state index contributed by atoms with van der Waals surface area (Å²) in [4.78, 5) is 10.6. The summed E-state index contributed by atoms with van der Waals surface area (Å²) in [5.74, 6) is -0.206. The smallest absolute Gasteiger partial charge is 0.339 e. The molecular formula is C8H10N2O2. The molecule has 0 unspecified atom stereocenters. The summed E-state index contributed by atoms with van der Waals surface area (Å²) >= 11 is 0. The fraction of sp³-hybridized carbons (Fsp3) is 0.500. The summed E-state index contributed by atoms with van der Waals surface area (Å²) in [6.45, 7) is 0. The van der Waals surface area contributed by atoms with Gasteiger partial charge in [0.2, 0.25) is 0 Å². The van der Waals surface area contributed by atoms with Crippen molar-refractivity contribution in [3.63, 3.8) is 0 Å². The number of hydrogen-bond acceptors (Lipinski definition) is 2. The quantitative estimate of drug-likeness (QED) is 0.705. The molecule has 1 aliphatic carbocycles. The predicted molar refractivity (Wildman–Crippen MR) is 42.0 cm³/mol. The highest BCUT2D eigenvalue weighted by atomic mass is 16.4. The summed E-state index contributed by atoms with van der Waals surface area (Å²) in [6, 6.07) is 0. The van der Waals surface area contributed by atoms with E-state index >= 15 is 0 Å². The molecule has 1 heterocycles. The van der Waals surface area contributed by atoms with Crippen LogP contribution in [0.2, 0.25) is 0 Å². The number of nitrogens with one attached hydrogen (secondary N) is 1. The topological polar surface area (TPSA) is 66.0 Å². The standard InChI is InChI=1S/C8H10N2O2/c11-8(12)6-4-9-10-7(6)3-5-1-2-5/h4-5H,1-3H2,(H,9,10)(H,11,12). The second-order valence-electron chi connectivity index (χ2n) is 3.21. The molecule has 1 fully saturated rings. The molecule has 1 aromatic rings. The van der Waals surface area contributed by atoms with E-state index in [-0.39, 0.29) is 0 Å². The van der Waals surface area contributed by atoms with Gasteiger partial charge < -0.3 is 5.11 Å². The van der Waals surface area contributed by atoms with Gasteiger partial charge in [-0.1, -0.05) is 0 Å². The predicted octanol–water partition coefficient (Wildman–Crippen LogP) is 1.06. The van der Waals surface area contributed by atoms with E-state index in [0.717, 1.165) is 12.1 Å². The second-order valence-corrected chi connectivity index (χ2v) is 3.21. The Morgan fingerprint density at radius 3 is 3.08 bits per heavy atom. The molecule has 2 N–H and O–H groups in total. The van der Waals surface area contributed by atoms with Crippen LogP contribution in [0.25, 0.3) is 0 Å². The number of aromatic carboxylic acids is 1. The Labute approximate surface area is 69.6 Å². The molecule has 4 heteroatoms. The molecule has 0 aliphatic heterocycles. The maximum atomic E-state index is 10.6. The molecule has 0 radical (unpaired) electrons. The van der Waals surface area contributed by atoms with Gasteiger partial charge in [0.15, 0.2) is 0 Å². The van der Waals surface area contributed by atoms with Crippen LogP contribution in [0, 0.1) is 5.92 Å². The molecule has 0 bridgehead atoms. The third-order valence-electron chi connectivity index (χ3n) is 2.14. The highest BCUT2D eigenvalue weighted by Gasteiger charge is 2.24. The molecule has 1 saturated carbocycles. The molecular weight excluding hydrogens is 156 g/mol. The van der Waals surface area contributed by atoms with Gasteiger partial charge in [-0.25, -0.2) is 4.79 Å². The molecule has 0 atom stereocenters. The van der Waals surface area contributed by atoms with E-state index in [4.69, 9.17) is 5.11 Å². The maximum absolute atomic E-state index is 10.6. The second kappa shape index (κ2) is 2.62. The number of H-pyrrole nitrogens is 1. The van der Waals surface area contributed by atoms with Gasteiger partial charge in [0.25, 0.3) is 0 Å². The van der Waals surface area contributed by atoms with Gasteiger partial charge in [0.1, 0.15) is 5.56 Å². The van der Waals surface area contributed by atoms with Crippen molar-refractivity contribution in [1.29, 1.82) is 0 Å². The van der Waals surface area contributed by atoms with Crippen LogP contribution in [0.1, 0.15) is 28.9 Å². The molecule has 12 heavy (non-hydrogen) atoms. The molecule has 0 spiro atoms. The van der Waals surface area contributed by atoms with Crippen molar-refractivity contribution < 1.29 is 9.90 Å². The fourth-order valence-corrected chi connectivity index (χ4v) is 1.26. The zero-order valence-corrected chi connectivity index (χ0v) is 6.58. The van der Waals surface area contributed by atoms with Crippen LogP contribution in [-0.2, 0) is 6.42 Å². The van der Waals surface area contributed by atoms with Gasteiger partial charge >= 0.3 is 5.97 Å². The van der Waals surface area contributed by atoms with Gasteiger partial charge in [-0.2, -0.15) is 5.10 Å². The van der Waals surface area contributed by atoms with E-state index in [1.54, 1.807) is 0 Å². The minimum absolute atomic E-state index is 0.321. The minimum atomic E-state index is -0.889. The monoisotopic (exact) mass is 166 g/mol. The number of rotatable bonds is 3. The molecule has 1 aliphatic rings. The van der Waals surface area contributed by atoms with Crippen LogP contribution >= 0.6 is 0 Å². The van der Waals surface area contributed by atoms with Crippen molar-refractivity contribution in [3.8, 4) is 0 Å². The zero-order chi connectivity index (χ0) is 8.55. The first-order valence-electron chi connectivity index (χ1n) is 4.03. The van der Waals surface area contributed by atoms with E-state index in [1.165, 1.54) is 19.0 Å². The first kappa shape index (κ1) is 7.34. The van der Waals surface area contributed by atoms with E-state index in [9.17, 15) is 4.79 Å². The lowest BCUT2D eigenvalue weighted by molar-refractivity contribution is 0.0695. The Morgan fingerprint density at radius 2 is 2.50 bits per heavy atom. The normalized spacial score (nSPS) is 16.3. The number of carboxylic acid groups (broad SMARTS) is 1. The third-order valence-corrected chi connectivity index (χ3v) is 2.14. The van der Waals surface area contributed by atoms with Crippen LogP contribution < -0.4 is 0 Å². The van der Waals surface area contributed by atoms with E-state index in [2.05, 4.69) is 10.2 Å². The summed E-state index contributed by atoms with van der Waals surface area (Å²) in [5, 5.41) is 15.2. The van der Waals surface area contributed by atoms with Crippen molar-refractivity contribution in [3.05, 3.63) is 17.5 Å². The van der Waals surface area contributed by atoms with Crippen LogP contribution in [0.4, 0.5) is 0 Å². The molecule has 0 aromatic carbocycles. The molecule has 1 aromatic heterocycles. The zero-order valence-electron chi connectivity index (χ0n) is 6.58. The first-order valence-corrected chi connectivity index (χ1v) is 4.03. The Balaban J connectivity index is 2.17. The van der Waals surface area contributed by atoms with Gasteiger partial charge in [-0.3, -0.25) is 5.10 Å². The lowest BCUT2D eigenvalue weighted by Crippen LogP contribution is -2.00. The average Bonchev–Trinajstić information content (AvgIpc) is 2.66. The van der Waals surface area contributed by atoms with Crippen molar-refractivity contribution in [1.82, 2.24) is 10.2 Å². The van der Waals surface area contributed by atoms with Gasteiger partial charge in [0, 0.05) is 5.69 Å². The number of aromatic amines is 1. The molecule has 64 valence electrons. The van der Waals surface area contributed by atoms with E-state index < -0.39 is 5.97 Å². The van der Waals surface area contributed by atoms with Crippen LogP contribution in [-0.4, -0.2) is 21.3 Å². The number of hydrogen-bond donors (Lipinski definition) is 2. The SMILES string of the molecule is O=C(O)c1cn[nH]c1CC1CC1. The van der Waals surface area contributed by atoms with Crippen LogP contribution in [0.15, 0.2) is 6.20 Å². The van der Waals surface area contributed by atoms with Crippen LogP contribution in [0.3, 0.4) is 0 Å². The van der Waals surface area contributed by atoms with Crippen molar-refractivity contribution in [2.75, 3.05) is 0 Å². The highest BCUT2D eigenvalue weighted by Crippen LogP contribution is 2.32. The van der Waals surface area contributed by atoms with Crippen molar-refractivity contribution >= 4 is 5.97 Å². The molecule has 2 rings (SSSR count). The largest absolute Gasteiger partial charge is 0.478 e. The molecule has 4 nitrogen and oxygen atoms in total. The Bertz CT molecular complexity index is 302. The maximum Gasteiger partial charge on any atom is 0.339 e. The Hall–Kier alpha value is -1.32. The number of aromatic nitrogens is 2. The van der Waals surface area contributed by atoms with E-state index in [0.29, 0.717) is 11.5 Å². The van der Waals surface area contributed by atoms with Crippen molar-refractivity contribution in [2.45, 2.75) is 19.3 Å². The highest BCUT2D eigenvalue weighted by molar-refractivity contribution is 5.88. The lowest BCUT2D eigenvalue weighted by atomic mass is 10.1. The third kappa shape index (κ3) is 1.32. The van der Waals surface area contributed by atoms with E-state index in [1.807, 2.05) is 0 Å². The fourth-order valence-electron chi connectivity index (χ4n) is 1.26. The molecule has 0 saturated heterocycles. The Kier molecular flexibility index (Phi) is 1.60. The molecule has 0 amide bonds. The number of carbonyl (C=O) groups is 1. The van der Waals surface area contributed by atoms with Gasteiger partial charge in [-0.05, 0) is 25.2 Å². The summed E-state index contributed by atoms with van der Waals surface area (Å²) in [5.41, 5.74) is 1.09.